The van der Waals surface area contributed by atoms with Crippen LogP contribution in [-0.4, -0.2) is 23.4 Å². The molecule has 0 bridgehead atoms. The standard InChI is InChI=1S/C13H15FINO/c1-9-4-2-3-5-16(9)13(17)10-6-11(14)8-12(15)7-10/h6-9H,2-5H2,1H3. The Balaban J connectivity index is 2.23. The van der Waals surface area contributed by atoms with Crippen molar-refractivity contribution >= 4 is 28.5 Å². The topological polar surface area (TPSA) is 20.3 Å². The van der Waals surface area contributed by atoms with Crippen molar-refractivity contribution in [2.24, 2.45) is 0 Å². The van der Waals surface area contributed by atoms with Crippen LogP contribution in [0.5, 0.6) is 0 Å². The number of amides is 1. The van der Waals surface area contributed by atoms with Crippen molar-refractivity contribution in [1.82, 2.24) is 4.90 Å². The molecule has 0 radical (unpaired) electrons. The number of carbonyl (C=O) groups is 1. The predicted octanol–water partition coefficient (Wildman–Crippen LogP) is 3.44. The van der Waals surface area contributed by atoms with Crippen molar-refractivity contribution in [2.45, 2.75) is 32.2 Å². The number of piperidine rings is 1. The Hall–Kier alpha value is -0.650. The van der Waals surface area contributed by atoms with E-state index in [4.69, 9.17) is 0 Å². The van der Waals surface area contributed by atoms with Crippen molar-refractivity contribution in [3.8, 4) is 0 Å². The minimum Gasteiger partial charge on any atom is -0.336 e. The van der Waals surface area contributed by atoms with E-state index in [1.807, 2.05) is 27.5 Å². The average Bonchev–Trinajstić information content (AvgIpc) is 2.27. The number of carbonyl (C=O) groups excluding carboxylic acids is 1. The van der Waals surface area contributed by atoms with E-state index in [-0.39, 0.29) is 17.8 Å². The highest BCUT2D eigenvalue weighted by molar-refractivity contribution is 14.1. The summed E-state index contributed by atoms with van der Waals surface area (Å²) in [5.74, 6) is -0.389. The van der Waals surface area contributed by atoms with Crippen LogP contribution in [0.2, 0.25) is 0 Å². The van der Waals surface area contributed by atoms with Crippen LogP contribution in [0.1, 0.15) is 36.5 Å². The maximum absolute atomic E-state index is 13.3. The first kappa shape index (κ1) is 12.8. The van der Waals surface area contributed by atoms with E-state index in [1.165, 1.54) is 18.6 Å². The quantitative estimate of drug-likeness (QED) is 0.713. The van der Waals surface area contributed by atoms with Crippen LogP contribution in [-0.2, 0) is 0 Å². The number of likely N-dealkylation sites (tertiary alicyclic amines) is 1. The lowest BCUT2D eigenvalue weighted by molar-refractivity contribution is 0.0635. The van der Waals surface area contributed by atoms with Gasteiger partial charge in [-0.15, -0.1) is 0 Å². The van der Waals surface area contributed by atoms with Gasteiger partial charge in [-0.3, -0.25) is 4.79 Å². The first-order valence-electron chi connectivity index (χ1n) is 5.85. The molecular weight excluding hydrogens is 332 g/mol. The maximum Gasteiger partial charge on any atom is 0.254 e. The molecule has 1 aliphatic rings. The minimum absolute atomic E-state index is 0.0467. The molecule has 1 aromatic carbocycles. The van der Waals surface area contributed by atoms with Crippen molar-refractivity contribution < 1.29 is 9.18 Å². The molecule has 1 fully saturated rings. The van der Waals surface area contributed by atoms with Crippen LogP contribution in [0.15, 0.2) is 18.2 Å². The molecule has 0 aliphatic carbocycles. The number of benzene rings is 1. The lowest BCUT2D eigenvalue weighted by atomic mass is 10.0. The normalized spacial score (nSPS) is 20.4. The highest BCUT2D eigenvalue weighted by Crippen LogP contribution is 2.20. The lowest BCUT2D eigenvalue weighted by Crippen LogP contribution is -2.42. The summed E-state index contributed by atoms with van der Waals surface area (Å²) in [6, 6.07) is 4.76. The fourth-order valence-electron chi connectivity index (χ4n) is 2.24. The van der Waals surface area contributed by atoms with Crippen LogP contribution in [0, 0.1) is 9.39 Å². The first-order chi connectivity index (χ1) is 8.08. The summed E-state index contributed by atoms with van der Waals surface area (Å²) >= 11 is 2.03. The number of hydrogen-bond acceptors (Lipinski definition) is 1. The molecular formula is C13H15FINO. The minimum atomic E-state index is -0.343. The van der Waals surface area contributed by atoms with Gasteiger partial charge in [-0.2, -0.15) is 0 Å². The number of halogens is 2. The Kier molecular flexibility index (Phi) is 4.01. The zero-order chi connectivity index (χ0) is 12.4. The SMILES string of the molecule is CC1CCCCN1C(=O)c1cc(F)cc(I)c1. The zero-order valence-corrected chi connectivity index (χ0v) is 11.9. The van der Waals surface area contributed by atoms with Crippen molar-refractivity contribution in [2.75, 3.05) is 6.54 Å². The Bertz CT molecular complexity index is 415. The number of hydrogen-bond donors (Lipinski definition) is 0. The van der Waals surface area contributed by atoms with E-state index in [0.717, 1.165) is 23.0 Å². The monoisotopic (exact) mass is 347 g/mol. The second-order valence-electron chi connectivity index (χ2n) is 4.50. The van der Waals surface area contributed by atoms with Gasteiger partial charge >= 0.3 is 0 Å². The van der Waals surface area contributed by atoms with E-state index in [0.29, 0.717) is 5.56 Å². The zero-order valence-electron chi connectivity index (χ0n) is 9.75. The fraction of sp³-hybridized carbons (Fsp3) is 0.462. The molecule has 1 aliphatic heterocycles. The first-order valence-corrected chi connectivity index (χ1v) is 6.93. The summed E-state index contributed by atoms with van der Waals surface area (Å²) in [5.41, 5.74) is 0.461. The third-order valence-electron chi connectivity index (χ3n) is 3.17. The molecule has 1 atom stereocenters. The van der Waals surface area contributed by atoms with E-state index in [2.05, 4.69) is 6.92 Å². The molecule has 2 rings (SSSR count). The van der Waals surface area contributed by atoms with E-state index in [1.54, 1.807) is 6.07 Å². The van der Waals surface area contributed by atoms with Gasteiger partial charge in [-0.05, 0) is 67.0 Å². The average molecular weight is 347 g/mol. The van der Waals surface area contributed by atoms with Crippen molar-refractivity contribution in [3.63, 3.8) is 0 Å². The molecule has 1 amide bonds. The summed E-state index contributed by atoms with van der Waals surface area (Å²) in [5, 5.41) is 0. The third kappa shape index (κ3) is 2.97. The van der Waals surface area contributed by atoms with Gasteiger partial charge in [-0.1, -0.05) is 0 Å². The molecule has 0 saturated carbocycles. The number of rotatable bonds is 1. The van der Waals surface area contributed by atoms with E-state index < -0.39 is 0 Å². The summed E-state index contributed by atoms with van der Waals surface area (Å²) in [7, 11) is 0. The van der Waals surface area contributed by atoms with E-state index >= 15 is 0 Å². The summed E-state index contributed by atoms with van der Waals surface area (Å²) in [4.78, 5) is 14.1. The third-order valence-corrected chi connectivity index (χ3v) is 3.80. The maximum atomic E-state index is 13.3. The number of nitrogens with zero attached hydrogens (tertiary/aromatic N) is 1. The molecule has 17 heavy (non-hydrogen) atoms. The molecule has 0 spiro atoms. The Morgan fingerprint density at radius 2 is 2.18 bits per heavy atom. The Labute approximate surface area is 114 Å². The molecule has 0 N–H and O–H groups in total. The van der Waals surface area contributed by atoms with Gasteiger partial charge in [0.2, 0.25) is 0 Å². The van der Waals surface area contributed by atoms with Crippen molar-refractivity contribution in [3.05, 3.63) is 33.1 Å². The van der Waals surface area contributed by atoms with E-state index in [9.17, 15) is 9.18 Å². The van der Waals surface area contributed by atoms with Crippen LogP contribution in [0.25, 0.3) is 0 Å². The predicted molar refractivity (Wildman–Crippen MR) is 73.5 cm³/mol. The second-order valence-corrected chi connectivity index (χ2v) is 5.75. The Morgan fingerprint density at radius 1 is 1.41 bits per heavy atom. The van der Waals surface area contributed by atoms with Gasteiger partial charge in [0.1, 0.15) is 5.82 Å². The van der Waals surface area contributed by atoms with Gasteiger partial charge in [0, 0.05) is 21.7 Å². The summed E-state index contributed by atoms with van der Waals surface area (Å²) in [6.45, 7) is 2.84. The van der Waals surface area contributed by atoms with Gasteiger partial charge in [0.05, 0.1) is 0 Å². The molecule has 1 aromatic rings. The Morgan fingerprint density at radius 3 is 2.82 bits per heavy atom. The fourth-order valence-corrected chi connectivity index (χ4v) is 2.88. The van der Waals surface area contributed by atoms with Gasteiger partial charge < -0.3 is 4.90 Å². The molecule has 1 unspecified atom stereocenters. The second kappa shape index (κ2) is 5.33. The molecule has 92 valence electrons. The van der Waals surface area contributed by atoms with Crippen LogP contribution < -0.4 is 0 Å². The van der Waals surface area contributed by atoms with Gasteiger partial charge in [-0.25, -0.2) is 4.39 Å². The largest absolute Gasteiger partial charge is 0.336 e. The summed E-state index contributed by atoms with van der Waals surface area (Å²) in [6.07, 6.45) is 3.26. The molecule has 1 heterocycles. The molecule has 2 nitrogen and oxygen atoms in total. The summed E-state index contributed by atoms with van der Waals surface area (Å²) < 4.78 is 14.0. The van der Waals surface area contributed by atoms with Crippen molar-refractivity contribution in [1.29, 1.82) is 0 Å². The highest BCUT2D eigenvalue weighted by atomic mass is 127. The van der Waals surface area contributed by atoms with Crippen LogP contribution >= 0.6 is 22.6 Å². The highest BCUT2D eigenvalue weighted by Gasteiger charge is 2.24. The smallest absolute Gasteiger partial charge is 0.254 e. The lowest BCUT2D eigenvalue weighted by Gasteiger charge is -2.33. The van der Waals surface area contributed by atoms with Crippen LogP contribution in [0.3, 0.4) is 0 Å². The van der Waals surface area contributed by atoms with Gasteiger partial charge in [0.15, 0.2) is 0 Å². The van der Waals surface area contributed by atoms with Crippen LogP contribution in [0.4, 0.5) is 4.39 Å². The van der Waals surface area contributed by atoms with Gasteiger partial charge in [0.25, 0.3) is 5.91 Å². The molecule has 1 saturated heterocycles. The molecule has 4 heteroatoms. The molecule has 0 aromatic heterocycles.